The van der Waals surface area contributed by atoms with Gasteiger partial charge in [0.05, 0.1) is 40.3 Å². The van der Waals surface area contributed by atoms with Gasteiger partial charge in [-0.25, -0.2) is 0 Å². The number of nitrogens with zero attached hydrogens (tertiary/aromatic N) is 1. The summed E-state index contributed by atoms with van der Waals surface area (Å²) in [7, 11) is 4.42. The Morgan fingerprint density at radius 2 is 1.49 bits per heavy atom. The van der Waals surface area contributed by atoms with Gasteiger partial charge in [0.1, 0.15) is 12.3 Å². The molecule has 0 spiro atoms. The van der Waals surface area contributed by atoms with Crippen LogP contribution in [0.25, 0.3) is 0 Å². The molecule has 0 amide bonds. The second-order valence-corrected chi connectivity index (χ2v) is 10.3. The Bertz CT molecular complexity index is 819. The molecule has 2 rings (SSSR count). The largest absolute Gasteiger partial charge is 0.494 e. The van der Waals surface area contributed by atoms with Crippen molar-refractivity contribution in [3.8, 4) is 5.75 Å². The Labute approximate surface area is 214 Å². The first-order valence-electron chi connectivity index (χ1n) is 13.7. The van der Waals surface area contributed by atoms with E-state index < -0.39 is 0 Å². The number of hydrogen-bond donors (Lipinski definition) is 0. The molecule has 4 nitrogen and oxygen atoms in total. The van der Waals surface area contributed by atoms with Crippen molar-refractivity contribution in [2.75, 3.05) is 33.9 Å². The van der Waals surface area contributed by atoms with E-state index in [0.717, 1.165) is 49.0 Å². The smallest absolute Gasteiger partial charge is 0.306 e. The Hall–Kier alpha value is -2.33. The SMILES string of the molecule is CCCCCCCCc1cccc(OCCCCOC(=O)CCC[N+](C)(C)Cc2ccccc2)c1. The third-order valence-electron chi connectivity index (χ3n) is 6.39. The molecule has 0 aromatic heterocycles. The van der Waals surface area contributed by atoms with E-state index in [1.54, 1.807) is 0 Å². The number of quaternary nitrogens is 1. The molecule has 0 unspecified atom stereocenters. The zero-order chi connectivity index (χ0) is 25.2. The third-order valence-corrected chi connectivity index (χ3v) is 6.39. The number of aryl methyl sites for hydroxylation is 1. The number of unbranched alkanes of at least 4 members (excludes halogenated alkanes) is 6. The zero-order valence-electron chi connectivity index (χ0n) is 22.5. The van der Waals surface area contributed by atoms with Gasteiger partial charge in [-0.3, -0.25) is 4.79 Å². The van der Waals surface area contributed by atoms with Crippen molar-refractivity contribution in [2.45, 2.75) is 84.1 Å². The molecule has 0 radical (unpaired) electrons. The van der Waals surface area contributed by atoms with Crippen molar-refractivity contribution in [3.05, 3.63) is 65.7 Å². The minimum absolute atomic E-state index is 0.0898. The molecule has 194 valence electrons. The van der Waals surface area contributed by atoms with E-state index in [0.29, 0.717) is 19.6 Å². The number of carbonyl (C=O) groups excluding carboxylic acids is 1. The molecule has 2 aromatic rings. The molecule has 0 atom stereocenters. The van der Waals surface area contributed by atoms with Crippen molar-refractivity contribution in [3.63, 3.8) is 0 Å². The van der Waals surface area contributed by atoms with Crippen LogP contribution < -0.4 is 4.74 Å². The van der Waals surface area contributed by atoms with Crippen molar-refractivity contribution < 1.29 is 18.8 Å². The van der Waals surface area contributed by atoms with E-state index in [4.69, 9.17) is 9.47 Å². The van der Waals surface area contributed by atoms with Gasteiger partial charge in [0.15, 0.2) is 0 Å². The first-order chi connectivity index (χ1) is 17.0. The van der Waals surface area contributed by atoms with Gasteiger partial charge in [0.2, 0.25) is 0 Å². The Morgan fingerprint density at radius 3 is 2.29 bits per heavy atom. The van der Waals surface area contributed by atoms with Crippen LogP contribution in [-0.2, 0) is 22.5 Å². The number of rotatable bonds is 19. The van der Waals surface area contributed by atoms with Crippen molar-refractivity contribution in [2.24, 2.45) is 0 Å². The fourth-order valence-electron chi connectivity index (χ4n) is 4.36. The third kappa shape index (κ3) is 14.0. The van der Waals surface area contributed by atoms with Crippen LogP contribution in [0.15, 0.2) is 54.6 Å². The van der Waals surface area contributed by atoms with Crippen LogP contribution in [0.1, 0.15) is 82.3 Å². The number of benzene rings is 2. The van der Waals surface area contributed by atoms with Crippen LogP contribution in [0.4, 0.5) is 0 Å². The van der Waals surface area contributed by atoms with Gasteiger partial charge < -0.3 is 14.0 Å². The van der Waals surface area contributed by atoms with Gasteiger partial charge >= 0.3 is 5.97 Å². The van der Waals surface area contributed by atoms with E-state index in [-0.39, 0.29) is 5.97 Å². The fourth-order valence-corrected chi connectivity index (χ4v) is 4.36. The Kier molecular flexibility index (Phi) is 14.2. The Balaban J connectivity index is 1.50. The van der Waals surface area contributed by atoms with Crippen molar-refractivity contribution in [1.82, 2.24) is 0 Å². The molecule has 0 bridgehead atoms. The molecule has 0 aliphatic rings. The lowest BCUT2D eigenvalue weighted by atomic mass is 10.0. The Morgan fingerprint density at radius 1 is 0.771 bits per heavy atom. The van der Waals surface area contributed by atoms with Crippen molar-refractivity contribution in [1.29, 1.82) is 0 Å². The van der Waals surface area contributed by atoms with Gasteiger partial charge in [0.25, 0.3) is 0 Å². The summed E-state index contributed by atoms with van der Waals surface area (Å²) >= 11 is 0. The maximum Gasteiger partial charge on any atom is 0.306 e. The predicted octanol–water partition coefficient (Wildman–Crippen LogP) is 7.35. The fraction of sp³-hybridized carbons (Fsp3) is 0.581. The van der Waals surface area contributed by atoms with Gasteiger partial charge in [-0.15, -0.1) is 0 Å². The summed E-state index contributed by atoms with van der Waals surface area (Å²) in [5, 5.41) is 0. The monoisotopic (exact) mass is 482 g/mol. The number of ether oxygens (including phenoxy) is 2. The van der Waals surface area contributed by atoms with Gasteiger partial charge in [0, 0.05) is 12.0 Å². The van der Waals surface area contributed by atoms with Gasteiger partial charge in [-0.05, 0) is 43.4 Å². The maximum atomic E-state index is 12.1. The molecular weight excluding hydrogens is 434 g/mol. The summed E-state index contributed by atoms with van der Waals surface area (Å²) in [6, 6.07) is 19.0. The second kappa shape index (κ2) is 17.2. The summed E-state index contributed by atoms with van der Waals surface area (Å²) in [5.74, 6) is 0.856. The first kappa shape index (κ1) is 28.9. The minimum Gasteiger partial charge on any atom is -0.494 e. The average Bonchev–Trinajstić information content (AvgIpc) is 2.84. The van der Waals surface area contributed by atoms with Crippen molar-refractivity contribution >= 4 is 5.97 Å². The predicted molar refractivity (Wildman–Crippen MR) is 146 cm³/mol. The molecule has 0 saturated carbocycles. The van der Waals surface area contributed by atoms with E-state index in [1.807, 2.05) is 12.1 Å². The first-order valence-corrected chi connectivity index (χ1v) is 13.7. The second-order valence-electron chi connectivity index (χ2n) is 10.3. The zero-order valence-corrected chi connectivity index (χ0v) is 22.5. The molecule has 0 fully saturated rings. The highest BCUT2D eigenvalue weighted by molar-refractivity contribution is 5.69. The van der Waals surface area contributed by atoms with Crippen LogP contribution in [-0.4, -0.2) is 44.3 Å². The summed E-state index contributed by atoms with van der Waals surface area (Å²) < 4.78 is 12.2. The van der Waals surface area contributed by atoms with E-state index in [2.05, 4.69) is 63.5 Å². The lowest BCUT2D eigenvalue weighted by Gasteiger charge is -2.29. The topological polar surface area (TPSA) is 35.5 Å². The van der Waals surface area contributed by atoms with Gasteiger partial charge in [-0.1, -0.05) is 81.5 Å². The van der Waals surface area contributed by atoms with E-state index in [1.165, 1.54) is 49.7 Å². The molecule has 35 heavy (non-hydrogen) atoms. The molecule has 2 aromatic carbocycles. The molecule has 0 N–H and O–H groups in total. The van der Waals surface area contributed by atoms with E-state index >= 15 is 0 Å². The highest BCUT2D eigenvalue weighted by atomic mass is 16.5. The number of hydrogen-bond acceptors (Lipinski definition) is 3. The van der Waals surface area contributed by atoms with Crippen LogP contribution in [0.2, 0.25) is 0 Å². The van der Waals surface area contributed by atoms with Crippen LogP contribution in [0.3, 0.4) is 0 Å². The molecule has 0 aliphatic carbocycles. The van der Waals surface area contributed by atoms with Crippen LogP contribution in [0, 0.1) is 0 Å². The lowest BCUT2D eigenvalue weighted by molar-refractivity contribution is -0.903. The van der Waals surface area contributed by atoms with E-state index in [9.17, 15) is 4.79 Å². The number of esters is 1. The lowest BCUT2D eigenvalue weighted by Crippen LogP contribution is -2.39. The van der Waals surface area contributed by atoms with Crippen LogP contribution in [0.5, 0.6) is 5.75 Å². The van der Waals surface area contributed by atoms with Crippen LogP contribution >= 0.6 is 0 Å². The summed E-state index contributed by atoms with van der Waals surface area (Å²) in [4.78, 5) is 12.1. The molecular formula is C31H48NO3+. The minimum atomic E-state index is -0.0898. The molecule has 0 saturated heterocycles. The molecule has 4 heteroatoms. The summed E-state index contributed by atoms with van der Waals surface area (Å²) in [6.07, 6.45) is 12.1. The quantitative estimate of drug-likeness (QED) is 0.119. The van der Waals surface area contributed by atoms with Gasteiger partial charge in [-0.2, -0.15) is 0 Å². The average molecular weight is 483 g/mol. The summed E-state index contributed by atoms with van der Waals surface area (Å²) in [5.41, 5.74) is 2.68. The summed E-state index contributed by atoms with van der Waals surface area (Å²) in [6.45, 7) is 5.31. The normalized spacial score (nSPS) is 11.4. The molecule has 0 aliphatic heterocycles. The highest BCUT2D eigenvalue weighted by Crippen LogP contribution is 2.17. The number of carbonyl (C=O) groups is 1. The molecule has 0 heterocycles. The highest BCUT2D eigenvalue weighted by Gasteiger charge is 2.16. The maximum absolute atomic E-state index is 12.1. The standard InChI is InChI=1S/C31H48NO3/c1-4-5-6-7-8-10-17-28-20-15-21-30(26-28)34-24-13-14-25-35-31(33)22-16-23-32(2,3)27-29-18-11-9-12-19-29/h9,11-12,15,18-21,26H,4-8,10,13-14,16-17,22-25,27H2,1-3H3/q+1.